The van der Waals surface area contributed by atoms with Gasteiger partial charge in [0.25, 0.3) is 5.91 Å². The van der Waals surface area contributed by atoms with Crippen LogP contribution >= 0.6 is 0 Å². The van der Waals surface area contributed by atoms with Crippen LogP contribution in [0, 0.1) is 0 Å². The summed E-state index contributed by atoms with van der Waals surface area (Å²) >= 11 is 0. The fraction of sp³-hybridized carbons (Fsp3) is 0.500. The van der Waals surface area contributed by atoms with Gasteiger partial charge in [-0.05, 0) is 24.5 Å². The molecule has 0 spiro atoms. The predicted octanol–water partition coefficient (Wildman–Crippen LogP) is 2.65. The summed E-state index contributed by atoms with van der Waals surface area (Å²) in [4.78, 5) is 13.8. The van der Waals surface area contributed by atoms with Crippen molar-refractivity contribution in [3.05, 3.63) is 35.4 Å². The molecule has 1 aliphatic rings. The van der Waals surface area contributed by atoms with Gasteiger partial charge in [0.1, 0.15) is 6.61 Å². The van der Waals surface area contributed by atoms with Crippen LogP contribution in [0.25, 0.3) is 0 Å². The number of carbonyl (C=O) groups excluding carboxylic acids is 1. The Kier molecular flexibility index (Phi) is 4.65. The van der Waals surface area contributed by atoms with Crippen LogP contribution in [-0.2, 0) is 11.2 Å². The van der Waals surface area contributed by atoms with Crippen molar-refractivity contribution < 1.29 is 22.7 Å². The lowest BCUT2D eigenvalue weighted by molar-refractivity contribution is -0.174. The van der Waals surface area contributed by atoms with Crippen molar-refractivity contribution in [3.63, 3.8) is 0 Å². The molecule has 0 aliphatic carbocycles. The number of alkyl halides is 3. The van der Waals surface area contributed by atoms with Gasteiger partial charge in [0.05, 0.1) is 0 Å². The Labute approximate surface area is 115 Å². The number of rotatable bonds is 5. The van der Waals surface area contributed by atoms with Crippen LogP contribution in [0.5, 0.6) is 0 Å². The number of amides is 1. The molecule has 0 N–H and O–H groups in total. The summed E-state index contributed by atoms with van der Waals surface area (Å²) in [5.41, 5.74) is 1.72. The molecule has 0 aromatic heterocycles. The number of hydrogen-bond acceptors (Lipinski definition) is 2. The zero-order chi connectivity index (χ0) is 14.6. The summed E-state index contributed by atoms with van der Waals surface area (Å²) in [5.74, 6) is -0.0531. The lowest BCUT2D eigenvalue weighted by Gasteiger charge is -2.28. The van der Waals surface area contributed by atoms with Crippen molar-refractivity contribution >= 4 is 5.91 Å². The zero-order valence-electron chi connectivity index (χ0n) is 10.9. The van der Waals surface area contributed by atoms with E-state index in [1.54, 1.807) is 11.0 Å². The Morgan fingerprint density at radius 1 is 1.25 bits per heavy atom. The van der Waals surface area contributed by atoms with Gasteiger partial charge >= 0.3 is 6.18 Å². The number of halogens is 3. The van der Waals surface area contributed by atoms with Gasteiger partial charge in [-0.15, -0.1) is 0 Å². The smallest absolute Gasteiger partial charge is 0.372 e. The molecule has 20 heavy (non-hydrogen) atoms. The van der Waals surface area contributed by atoms with E-state index in [9.17, 15) is 18.0 Å². The molecular formula is C14H16F3NO2. The van der Waals surface area contributed by atoms with Crippen LogP contribution in [0.2, 0.25) is 0 Å². The molecule has 0 radical (unpaired) electrons. The molecule has 0 saturated carbocycles. The Morgan fingerprint density at radius 3 is 2.75 bits per heavy atom. The topological polar surface area (TPSA) is 29.5 Å². The van der Waals surface area contributed by atoms with Crippen LogP contribution in [0.1, 0.15) is 22.3 Å². The number of carbonyl (C=O) groups is 1. The first kappa shape index (κ1) is 14.8. The number of benzene rings is 1. The van der Waals surface area contributed by atoms with Gasteiger partial charge in [0, 0.05) is 25.3 Å². The molecule has 1 aliphatic heterocycles. The zero-order valence-corrected chi connectivity index (χ0v) is 10.9. The fourth-order valence-corrected chi connectivity index (χ4v) is 2.23. The molecular weight excluding hydrogens is 271 g/mol. The van der Waals surface area contributed by atoms with Crippen LogP contribution in [0.4, 0.5) is 13.2 Å². The number of nitrogens with zero attached hydrogens (tertiary/aromatic N) is 1. The third-order valence-corrected chi connectivity index (χ3v) is 3.17. The largest absolute Gasteiger partial charge is 0.411 e. The number of ether oxygens (including phenoxy) is 1. The minimum absolute atomic E-state index is 0.00490. The standard InChI is InChI=1S/C14H16F3NO2/c15-14(16,17)10-20-9-3-7-18-8-6-11-4-1-2-5-12(11)13(18)19/h1-2,4-5H,3,6-10H2. The summed E-state index contributed by atoms with van der Waals surface area (Å²) in [6, 6.07) is 7.42. The van der Waals surface area contributed by atoms with E-state index in [1.165, 1.54) is 0 Å². The monoisotopic (exact) mass is 287 g/mol. The maximum Gasteiger partial charge on any atom is 0.411 e. The summed E-state index contributed by atoms with van der Waals surface area (Å²) in [6.45, 7) is -0.200. The Balaban J connectivity index is 1.77. The van der Waals surface area contributed by atoms with Crippen molar-refractivity contribution in [2.45, 2.75) is 19.0 Å². The highest BCUT2D eigenvalue weighted by atomic mass is 19.4. The fourth-order valence-electron chi connectivity index (χ4n) is 2.23. The average Bonchev–Trinajstić information content (AvgIpc) is 2.40. The first-order valence-corrected chi connectivity index (χ1v) is 6.49. The van der Waals surface area contributed by atoms with Gasteiger partial charge in [-0.3, -0.25) is 4.79 Å². The second-order valence-corrected chi connectivity index (χ2v) is 4.72. The van der Waals surface area contributed by atoms with E-state index in [4.69, 9.17) is 0 Å². The van der Waals surface area contributed by atoms with Crippen LogP contribution in [0.3, 0.4) is 0 Å². The highest BCUT2D eigenvalue weighted by molar-refractivity contribution is 5.96. The van der Waals surface area contributed by atoms with Crippen LogP contribution in [-0.4, -0.2) is 43.3 Å². The van der Waals surface area contributed by atoms with E-state index in [-0.39, 0.29) is 12.5 Å². The summed E-state index contributed by atoms with van der Waals surface area (Å²) in [5, 5.41) is 0. The van der Waals surface area contributed by atoms with Crippen molar-refractivity contribution in [1.82, 2.24) is 4.90 Å². The lowest BCUT2D eigenvalue weighted by Crippen LogP contribution is -2.38. The molecule has 0 saturated heterocycles. The highest BCUT2D eigenvalue weighted by Crippen LogP contribution is 2.19. The quantitative estimate of drug-likeness (QED) is 0.779. The highest BCUT2D eigenvalue weighted by Gasteiger charge is 2.27. The first-order valence-electron chi connectivity index (χ1n) is 6.49. The Hall–Kier alpha value is -1.56. The molecule has 110 valence electrons. The van der Waals surface area contributed by atoms with Gasteiger partial charge in [-0.2, -0.15) is 13.2 Å². The van der Waals surface area contributed by atoms with E-state index in [1.807, 2.05) is 18.2 Å². The molecule has 0 bridgehead atoms. The van der Waals surface area contributed by atoms with Gasteiger partial charge in [0.2, 0.25) is 0 Å². The first-order chi connectivity index (χ1) is 9.47. The van der Waals surface area contributed by atoms with Crippen molar-refractivity contribution in [1.29, 1.82) is 0 Å². The van der Waals surface area contributed by atoms with E-state index in [2.05, 4.69) is 4.74 Å². The van der Waals surface area contributed by atoms with E-state index in [0.717, 1.165) is 12.0 Å². The average molecular weight is 287 g/mol. The summed E-state index contributed by atoms with van der Waals surface area (Å²) in [6.07, 6.45) is -3.10. The van der Waals surface area contributed by atoms with E-state index in [0.29, 0.717) is 25.1 Å². The molecule has 0 fully saturated rings. The third kappa shape index (κ3) is 3.96. The van der Waals surface area contributed by atoms with Crippen molar-refractivity contribution in [2.24, 2.45) is 0 Å². The second kappa shape index (κ2) is 6.26. The van der Waals surface area contributed by atoms with Crippen LogP contribution < -0.4 is 0 Å². The molecule has 1 aromatic rings. The number of fused-ring (bicyclic) bond motifs is 1. The lowest BCUT2D eigenvalue weighted by atomic mass is 9.99. The molecule has 2 rings (SSSR count). The Bertz CT molecular complexity index is 474. The maximum atomic E-state index is 12.1. The van der Waals surface area contributed by atoms with Crippen molar-refractivity contribution in [3.8, 4) is 0 Å². The van der Waals surface area contributed by atoms with E-state index >= 15 is 0 Å². The minimum atomic E-state index is -4.29. The maximum absolute atomic E-state index is 12.1. The molecule has 3 nitrogen and oxygen atoms in total. The normalized spacial score (nSPS) is 15.3. The van der Waals surface area contributed by atoms with Gasteiger partial charge in [0.15, 0.2) is 0 Å². The second-order valence-electron chi connectivity index (χ2n) is 4.72. The molecule has 0 unspecified atom stereocenters. The summed E-state index contributed by atoms with van der Waals surface area (Å²) < 4.78 is 40.2. The number of hydrogen-bond donors (Lipinski definition) is 0. The molecule has 0 atom stereocenters. The molecule has 1 amide bonds. The SMILES string of the molecule is O=C1c2ccccc2CCN1CCCOCC(F)(F)F. The van der Waals surface area contributed by atoms with Crippen molar-refractivity contribution in [2.75, 3.05) is 26.3 Å². The van der Waals surface area contributed by atoms with Gasteiger partial charge in [-0.1, -0.05) is 18.2 Å². The minimum Gasteiger partial charge on any atom is -0.372 e. The molecule has 1 aromatic carbocycles. The Morgan fingerprint density at radius 2 is 2.00 bits per heavy atom. The molecule has 6 heteroatoms. The van der Waals surface area contributed by atoms with Crippen LogP contribution in [0.15, 0.2) is 24.3 Å². The third-order valence-electron chi connectivity index (χ3n) is 3.17. The predicted molar refractivity (Wildman–Crippen MR) is 67.5 cm³/mol. The van der Waals surface area contributed by atoms with Gasteiger partial charge in [-0.25, -0.2) is 0 Å². The summed E-state index contributed by atoms with van der Waals surface area (Å²) in [7, 11) is 0. The van der Waals surface area contributed by atoms with Gasteiger partial charge < -0.3 is 9.64 Å². The molecule has 1 heterocycles. The van der Waals surface area contributed by atoms with E-state index < -0.39 is 12.8 Å².